The van der Waals surface area contributed by atoms with Gasteiger partial charge in [0.05, 0.1) is 23.9 Å². The van der Waals surface area contributed by atoms with Gasteiger partial charge in [-0.25, -0.2) is 0 Å². The van der Waals surface area contributed by atoms with Crippen LogP contribution in [0.25, 0.3) is 0 Å². The van der Waals surface area contributed by atoms with Crippen LogP contribution in [-0.4, -0.2) is 24.6 Å². The van der Waals surface area contributed by atoms with Crippen molar-refractivity contribution in [1.82, 2.24) is 0 Å². The predicted molar refractivity (Wildman–Crippen MR) is 82.8 cm³/mol. The molecule has 6 heteroatoms. The molecule has 0 unspecified atom stereocenters. The van der Waals surface area contributed by atoms with Crippen molar-refractivity contribution in [2.75, 3.05) is 13.2 Å². The minimum atomic E-state index is 0.536. The summed E-state index contributed by atoms with van der Waals surface area (Å²) in [6.45, 7) is 5.19. The molecule has 0 aliphatic rings. The molecular weight excluding hydrogens is 378 g/mol. The molecule has 0 aliphatic heterocycles. The molecule has 4 nitrogen and oxygen atoms in total. The Morgan fingerprint density at radius 1 is 1.26 bits per heavy atom. The van der Waals surface area contributed by atoms with E-state index in [-0.39, 0.29) is 0 Å². The van der Waals surface area contributed by atoms with Crippen LogP contribution in [0.15, 0.2) is 20.2 Å². The summed E-state index contributed by atoms with van der Waals surface area (Å²) in [7, 11) is 0. The van der Waals surface area contributed by atoms with Crippen molar-refractivity contribution in [2.24, 2.45) is 5.16 Å². The molecule has 0 aromatic heterocycles. The van der Waals surface area contributed by atoms with Gasteiger partial charge in [-0.15, -0.1) is 0 Å². The maximum atomic E-state index is 8.66. The Hall–Kier alpha value is -0.750. The van der Waals surface area contributed by atoms with Crippen LogP contribution in [0.4, 0.5) is 0 Å². The second kappa shape index (κ2) is 8.43. The Labute approximate surface area is 130 Å². The highest BCUT2D eigenvalue weighted by molar-refractivity contribution is 9.13. The van der Waals surface area contributed by atoms with E-state index in [1.807, 2.05) is 6.92 Å². The van der Waals surface area contributed by atoms with Crippen molar-refractivity contribution in [1.29, 1.82) is 0 Å². The number of ether oxygens (including phenoxy) is 2. The molecule has 0 spiro atoms. The predicted octanol–water partition coefficient (Wildman–Crippen LogP) is 4.60. The molecule has 0 radical (unpaired) electrons. The molecule has 106 valence electrons. The molecule has 1 rings (SSSR count). The largest absolute Gasteiger partial charge is 0.490 e. The van der Waals surface area contributed by atoms with E-state index < -0.39 is 0 Å². The molecule has 0 aliphatic carbocycles. The Kier molecular flexibility index (Phi) is 7.23. The third-order valence-electron chi connectivity index (χ3n) is 2.40. The minimum Gasteiger partial charge on any atom is -0.490 e. The maximum Gasteiger partial charge on any atom is 0.176 e. The lowest BCUT2D eigenvalue weighted by Crippen LogP contribution is -2.03. The van der Waals surface area contributed by atoms with E-state index in [0.717, 1.165) is 21.8 Å². The van der Waals surface area contributed by atoms with Crippen molar-refractivity contribution >= 4 is 38.1 Å². The zero-order valence-corrected chi connectivity index (χ0v) is 14.1. The molecule has 0 bridgehead atoms. The summed E-state index contributed by atoms with van der Waals surface area (Å²) in [4.78, 5) is 0. The smallest absolute Gasteiger partial charge is 0.176 e. The Morgan fingerprint density at radius 2 is 2.00 bits per heavy atom. The topological polar surface area (TPSA) is 51.0 Å². The molecule has 1 N–H and O–H groups in total. The number of benzene rings is 1. The molecule has 0 atom stereocenters. The van der Waals surface area contributed by atoms with E-state index in [1.165, 1.54) is 6.21 Å². The van der Waals surface area contributed by atoms with Gasteiger partial charge in [0.1, 0.15) is 0 Å². The van der Waals surface area contributed by atoms with E-state index in [1.54, 1.807) is 6.07 Å². The Morgan fingerprint density at radius 3 is 2.58 bits per heavy atom. The van der Waals surface area contributed by atoms with Crippen LogP contribution >= 0.6 is 31.9 Å². The average Bonchev–Trinajstić information content (AvgIpc) is 2.40. The van der Waals surface area contributed by atoms with Crippen LogP contribution in [-0.2, 0) is 0 Å². The lowest BCUT2D eigenvalue weighted by atomic mass is 10.2. The summed E-state index contributed by atoms with van der Waals surface area (Å²) in [6.07, 6.45) is 3.39. The van der Waals surface area contributed by atoms with Gasteiger partial charge in [-0.3, -0.25) is 0 Å². The fourth-order valence-electron chi connectivity index (χ4n) is 1.48. The number of halogens is 2. The Balaban J connectivity index is 3.15. The summed E-state index contributed by atoms with van der Waals surface area (Å²) in [5.41, 5.74) is 0.709. The van der Waals surface area contributed by atoms with E-state index >= 15 is 0 Å². The maximum absolute atomic E-state index is 8.66. The van der Waals surface area contributed by atoms with Gasteiger partial charge < -0.3 is 14.7 Å². The first-order valence-corrected chi connectivity index (χ1v) is 7.69. The SMILES string of the molecule is CCCCOc1c(OCC)cc(C=NO)c(Br)c1Br. The quantitative estimate of drug-likeness (QED) is 0.318. The van der Waals surface area contributed by atoms with E-state index in [2.05, 4.69) is 43.9 Å². The summed E-state index contributed by atoms with van der Waals surface area (Å²) in [5.74, 6) is 1.29. The highest BCUT2D eigenvalue weighted by Gasteiger charge is 2.16. The van der Waals surface area contributed by atoms with Gasteiger partial charge >= 0.3 is 0 Å². The second-order valence-electron chi connectivity index (χ2n) is 3.80. The zero-order chi connectivity index (χ0) is 14.3. The fourth-order valence-corrected chi connectivity index (χ4v) is 2.41. The van der Waals surface area contributed by atoms with Gasteiger partial charge in [-0.1, -0.05) is 18.5 Å². The number of hydrogen-bond acceptors (Lipinski definition) is 4. The van der Waals surface area contributed by atoms with Crippen LogP contribution in [0.3, 0.4) is 0 Å². The summed E-state index contributed by atoms with van der Waals surface area (Å²) in [5, 5.41) is 11.7. The van der Waals surface area contributed by atoms with Crippen LogP contribution < -0.4 is 9.47 Å². The average molecular weight is 395 g/mol. The summed E-state index contributed by atoms with van der Waals surface area (Å²) >= 11 is 6.92. The van der Waals surface area contributed by atoms with Crippen LogP contribution in [0, 0.1) is 0 Å². The highest BCUT2D eigenvalue weighted by atomic mass is 79.9. The molecule has 1 aromatic rings. The van der Waals surface area contributed by atoms with Gasteiger partial charge in [0.2, 0.25) is 0 Å². The third kappa shape index (κ3) is 4.38. The number of oxime groups is 1. The van der Waals surface area contributed by atoms with Gasteiger partial charge in [0.25, 0.3) is 0 Å². The normalized spacial score (nSPS) is 10.9. The number of nitrogens with zero attached hydrogens (tertiary/aromatic N) is 1. The van der Waals surface area contributed by atoms with Gasteiger partial charge in [-0.05, 0) is 51.3 Å². The van der Waals surface area contributed by atoms with Crippen LogP contribution in [0.2, 0.25) is 0 Å². The molecule has 1 aromatic carbocycles. The van der Waals surface area contributed by atoms with Crippen LogP contribution in [0.5, 0.6) is 11.5 Å². The zero-order valence-electron chi connectivity index (χ0n) is 10.9. The summed E-state index contributed by atoms with van der Waals surface area (Å²) < 4.78 is 12.9. The monoisotopic (exact) mass is 393 g/mol. The standard InChI is InChI=1S/C13H17Br2NO3/c1-3-5-6-19-13-10(18-4-2)7-9(8-16-17)11(14)12(13)15/h7-8,17H,3-6H2,1-2H3. The number of unbranched alkanes of at least 4 members (excludes halogenated alkanes) is 1. The van der Waals surface area contributed by atoms with E-state index in [9.17, 15) is 0 Å². The first-order valence-electron chi connectivity index (χ1n) is 6.10. The highest BCUT2D eigenvalue weighted by Crippen LogP contribution is 2.42. The number of hydrogen-bond donors (Lipinski definition) is 1. The summed E-state index contributed by atoms with van der Waals surface area (Å²) in [6, 6.07) is 1.78. The minimum absolute atomic E-state index is 0.536. The fraction of sp³-hybridized carbons (Fsp3) is 0.462. The molecule has 0 fully saturated rings. The molecular formula is C13H17Br2NO3. The molecule has 19 heavy (non-hydrogen) atoms. The molecule has 0 heterocycles. The van der Waals surface area contributed by atoms with E-state index in [0.29, 0.717) is 30.3 Å². The van der Waals surface area contributed by atoms with Crippen molar-refractivity contribution < 1.29 is 14.7 Å². The first kappa shape index (κ1) is 16.3. The van der Waals surface area contributed by atoms with Gasteiger partial charge in [-0.2, -0.15) is 0 Å². The van der Waals surface area contributed by atoms with Crippen molar-refractivity contribution in [3.8, 4) is 11.5 Å². The molecule has 0 saturated heterocycles. The molecule has 0 saturated carbocycles. The first-order chi connectivity index (χ1) is 9.15. The second-order valence-corrected chi connectivity index (χ2v) is 5.39. The van der Waals surface area contributed by atoms with Gasteiger partial charge in [0.15, 0.2) is 11.5 Å². The molecule has 0 amide bonds. The Bertz CT molecular complexity index is 450. The lowest BCUT2D eigenvalue weighted by molar-refractivity contribution is 0.271. The third-order valence-corrected chi connectivity index (χ3v) is 4.54. The van der Waals surface area contributed by atoms with Gasteiger partial charge in [0, 0.05) is 10.0 Å². The van der Waals surface area contributed by atoms with Crippen LogP contribution in [0.1, 0.15) is 32.3 Å². The lowest BCUT2D eigenvalue weighted by Gasteiger charge is -2.16. The van der Waals surface area contributed by atoms with Crippen molar-refractivity contribution in [2.45, 2.75) is 26.7 Å². The van der Waals surface area contributed by atoms with Crippen molar-refractivity contribution in [3.63, 3.8) is 0 Å². The van der Waals surface area contributed by atoms with E-state index in [4.69, 9.17) is 14.7 Å². The number of rotatable bonds is 7. The van der Waals surface area contributed by atoms with Crippen molar-refractivity contribution in [3.05, 3.63) is 20.6 Å².